The molecule has 2 aromatic carbocycles. The van der Waals surface area contributed by atoms with Gasteiger partial charge in [0.25, 0.3) is 0 Å². The van der Waals surface area contributed by atoms with Crippen LogP contribution in [0.4, 0.5) is 0 Å². The van der Waals surface area contributed by atoms with Crippen molar-refractivity contribution in [3.05, 3.63) is 77.6 Å². The maximum atomic E-state index is 6.05. The van der Waals surface area contributed by atoms with Gasteiger partial charge in [-0.1, -0.05) is 72.3 Å². The summed E-state index contributed by atoms with van der Waals surface area (Å²) >= 11 is 6.05. The van der Waals surface area contributed by atoms with Gasteiger partial charge in [-0.05, 0) is 5.56 Å². The van der Waals surface area contributed by atoms with Crippen molar-refractivity contribution in [1.29, 1.82) is 0 Å². The van der Waals surface area contributed by atoms with Crippen LogP contribution in [0.5, 0.6) is 0 Å². The molecular formula is C16H13ClN2. The van der Waals surface area contributed by atoms with Gasteiger partial charge in [0.05, 0.1) is 0 Å². The summed E-state index contributed by atoms with van der Waals surface area (Å²) < 4.78 is 2.08. The Labute approximate surface area is 117 Å². The molecule has 0 spiro atoms. The summed E-state index contributed by atoms with van der Waals surface area (Å²) in [6, 6.07) is 20.4. The first-order valence-electron chi connectivity index (χ1n) is 6.15. The number of benzene rings is 2. The molecule has 0 radical (unpaired) electrons. The molecule has 0 atom stereocenters. The van der Waals surface area contributed by atoms with Crippen LogP contribution in [0.25, 0.3) is 11.4 Å². The molecule has 1 heterocycles. The van der Waals surface area contributed by atoms with Crippen molar-refractivity contribution in [1.82, 2.24) is 9.55 Å². The van der Waals surface area contributed by atoms with Gasteiger partial charge in [-0.15, -0.1) is 0 Å². The van der Waals surface area contributed by atoms with E-state index < -0.39 is 0 Å². The van der Waals surface area contributed by atoms with E-state index in [2.05, 4.69) is 21.7 Å². The molecule has 0 amide bonds. The van der Waals surface area contributed by atoms with E-state index >= 15 is 0 Å². The molecule has 3 aromatic rings. The van der Waals surface area contributed by atoms with Crippen LogP contribution in [-0.2, 0) is 6.54 Å². The minimum absolute atomic E-state index is 0.523. The lowest BCUT2D eigenvalue weighted by Gasteiger charge is -2.07. The van der Waals surface area contributed by atoms with Crippen molar-refractivity contribution < 1.29 is 0 Å². The van der Waals surface area contributed by atoms with Crippen LogP contribution in [0.3, 0.4) is 0 Å². The summed E-state index contributed by atoms with van der Waals surface area (Å²) in [7, 11) is 0. The monoisotopic (exact) mass is 268 g/mol. The second-order valence-electron chi connectivity index (χ2n) is 4.37. The molecule has 0 saturated carbocycles. The third-order valence-electron chi connectivity index (χ3n) is 2.97. The van der Waals surface area contributed by atoms with Crippen LogP contribution < -0.4 is 0 Å². The van der Waals surface area contributed by atoms with Crippen molar-refractivity contribution in [3.8, 4) is 11.4 Å². The Bertz CT molecular complexity index is 660. The fourth-order valence-electron chi connectivity index (χ4n) is 2.10. The maximum Gasteiger partial charge on any atom is 0.147 e. The smallest absolute Gasteiger partial charge is 0.147 e. The minimum atomic E-state index is 0.523. The van der Waals surface area contributed by atoms with E-state index in [-0.39, 0.29) is 0 Å². The van der Waals surface area contributed by atoms with Gasteiger partial charge in [0.15, 0.2) is 0 Å². The average Bonchev–Trinajstić information content (AvgIpc) is 2.82. The predicted octanol–water partition coefficient (Wildman–Crippen LogP) is 4.25. The standard InChI is InChI=1S/C16H13ClN2/c17-15-12-19(11-13-7-3-1-4-8-13)16(18-15)14-9-5-2-6-10-14/h1-10,12H,11H2. The van der Waals surface area contributed by atoms with Crippen molar-refractivity contribution in [2.24, 2.45) is 0 Å². The lowest BCUT2D eigenvalue weighted by molar-refractivity contribution is 0.807. The fourth-order valence-corrected chi connectivity index (χ4v) is 2.30. The third-order valence-corrected chi connectivity index (χ3v) is 3.16. The summed E-state index contributed by atoms with van der Waals surface area (Å²) in [6.07, 6.45) is 1.87. The van der Waals surface area contributed by atoms with Gasteiger partial charge >= 0.3 is 0 Å². The van der Waals surface area contributed by atoms with Gasteiger partial charge in [-0.2, -0.15) is 0 Å². The Balaban J connectivity index is 1.99. The number of imidazole rings is 1. The number of halogens is 1. The van der Waals surface area contributed by atoms with E-state index in [4.69, 9.17) is 11.6 Å². The van der Waals surface area contributed by atoms with Crippen LogP contribution in [0.1, 0.15) is 5.56 Å². The van der Waals surface area contributed by atoms with Crippen molar-refractivity contribution in [2.75, 3.05) is 0 Å². The lowest BCUT2D eigenvalue weighted by atomic mass is 10.2. The zero-order chi connectivity index (χ0) is 13.1. The molecular weight excluding hydrogens is 256 g/mol. The number of nitrogens with zero attached hydrogens (tertiary/aromatic N) is 2. The molecule has 0 bridgehead atoms. The molecule has 0 saturated heterocycles. The average molecular weight is 269 g/mol. The Morgan fingerprint density at radius 3 is 2.21 bits per heavy atom. The Morgan fingerprint density at radius 1 is 0.895 bits per heavy atom. The highest BCUT2D eigenvalue weighted by molar-refractivity contribution is 6.29. The van der Waals surface area contributed by atoms with Crippen molar-refractivity contribution in [3.63, 3.8) is 0 Å². The van der Waals surface area contributed by atoms with Gasteiger partial charge in [0, 0.05) is 18.3 Å². The molecule has 3 rings (SSSR count). The zero-order valence-corrected chi connectivity index (χ0v) is 11.1. The predicted molar refractivity (Wildman–Crippen MR) is 78.2 cm³/mol. The SMILES string of the molecule is Clc1cn(Cc2ccccc2)c(-c2ccccc2)n1. The van der Waals surface area contributed by atoms with E-state index in [0.717, 1.165) is 17.9 Å². The van der Waals surface area contributed by atoms with Gasteiger partial charge < -0.3 is 4.57 Å². The lowest BCUT2D eigenvalue weighted by Crippen LogP contribution is -2.00. The molecule has 0 fully saturated rings. The van der Waals surface area contributed by atoms with Crippen LogP contribution in [0.15, 0.2) is 66.9 Å². The molecule has 19 heavy (non-hydrogen) atoms. The highest BCUT2D eigenvalue weighted by Crippen LogP contribution is 2.22. The number of hydrogen-bond donors (Lipinski definition) is 0. The largest absolute Gasteiger partial charge is 0.325 e. The Hall–Kier alpha value is -2.06. The first kappa shape index (κ1) is 12.0. The molecule has 2 nitrogen and oxygen atoms in total. The van der Waals surface area contributed by atoms with E-state index in [1.165, 1.54) is 5.56 Å². The minimum Gasteiger partial charge on any atom is -0.325 e. The highest BCUT2D eigenvalue weighted by Gasteiger charge is 2.08. The molecule has 0 aliphatic heterocycles. The van der Waals surface area contributed by atoms with Crippen LogP contribution in [0.2, 0.25) is 5.15 Å². The van der Waals surface area contributed by atoms with Gasteiger partial charge in [0.1, 0.15) is 11.0 Å². The van der Waals surface area contributed by atoms with Gasteiger partial charge in [-0.25, -0.2) is 4.98 Å². The Kier molecular flexibility index (Phi) is 3.34. The second kappa shape index (κ2) is 5.29. The molecule has 1 aromatic heterocycles. The summed E-state index contributed by atoms with van der Waals surface area (Å²) in [4.78, 5) is 4.41. The summed E-state index contributed by atoms with van der Waals surface area (Å²) in [5, 5.41) is 0.523. The van der Waals surface area contributed by atoms with Crippen molar-refractivity contribution in [2.45, 2.75) is 6.54 Å². The molecule has 94 valence electrons. The third kappa shape index (κ3) is 2.69. The van der Waals surface area contributed by atoms with Gasteiger partial charge in [0.2, 0.25) is 0 Å². The van der Waals surface area contributed by atoms with Crippen molar-refractivity contribution >= 4 is 11.6 Å². The van der Waals surface area contributed by atoms with Crippen LogP contribution >= 0.6 is 11.6 Å². The normalized spacial score (nSPS) is 10.6. The first-order valence-corrected chi connectivity index (χ1v) is 6.53. The molecule has 3 heteroatoms. The van der Waals surface area contributed by atoms with Crippen LogP contribution in [0, 0.1) is 0 Å². The molecule has 0 N–H and O–H groups in total. The van der Waals surface area contributed by atoms with Crippen LogP contribution in [-0.4, -0.2) is 9.55 Å². The molecule has 0 aliphatic rings. The topological polar surface area (TPSA) is 17.8 Å². The summed E-state index contributed by atoms with van der Waals surface area (Å²) in [5.74, 6) is 0.898. The molecule has 0 unspecified atom stereocenters. The highest BCUT2D eigenvalue weighted by atomic mass is 35.5. The zero-order valence-electron chi connectivity index (χ0n) is 10.3. The van der Waals surface area contributed by atoms with E-state index in [0.29, 0.717) is 5.15 Å². The van der Waals surface area contributed by atoms with E-state index in [1.807, 2.05) is 54.7 Å². The maximum absolute atomic E-state index is 6.05. The van der Waals surface area contributed by atoms with E-state index in [1.54, 1.807) is 0 Å². The summed E-state index contributed by atoms with van der Waals surface area (Å²) in [6.45, 7) is 0.769. The fraction of sp³-hybridized carbons (Fsp3) is 0.0625. The van der Waals surface area contributed by atoms with E-state index in [9.17, 15) is 0 Å². The first-order chi connectivity index (χ1) is 9.33. The number of rotatable bonds is 3. The molecule has 0 aliphatic carbocycles. The quantitative estimate of drug-likeness (QED) is 0.694. The summed E-state index contributed by atoms with van der Waals surface area (Å²) in [5.41, 5.74) is 2.30. The number of aromatic nitrogens is 2. The number of hydrogen-bond acceptors (Lipinski definition) is 1. The Morgan fingerprint density at radius 2 is 1.53 bits per heavy atom. The van der Waals surface area contributed by atoms with Gasteiger partial charge in [-0.3, -0.25) is 0 Å². The second-order valence-corrected chi connectivity index (χ2v) is 4.75.